The first-order chi connectivity index (χ1) is 9.61. The Morgan fingerprint density at radius 1 is 1.10 bits per heavy atom. The average molecular weight is 399 g/mol. The lowest BCUT2D eigenvalue weighted by atomic mass is 10.1. The van der Waals surface area contributed by atoms with Crippen molar-refractivity contribution in [2.24, 2.45) is 0 Å². The van der Waals surface area contributed by atoms with E-state index in [9.17, 15) is 5.11 Å². The number of benzene rings is 2. The molecule has 2 aromatic carbocycles. The molecule has 2 N–H and O–H groups in total. The van der Waals surface area contributed by atoms with E-state index in [4.69, 9.17) is 0 Å². The van der Waals surface area contributed by atoms with Gasteiger partial charge in [-0.25, -0.2) is 0 Å². The van der Waals surface area contributed by atoms with Crippen molar-refractivity contribution in [1.29, 1.82) is 0 Å². The second-order valence-corrected chi connectivity index (χ2v) is 6.38. The highest BCUT2D eigenvalue weighted by Gasteiger charge is 2.06. The Labute approximate surface area is 136 Å². The molecule has 2 rings (SSSR count). The number of hydrogen-bond donors (Lipinski definition) is 2. The van der Waals surface area contributed by atoms with Crippen LogP contribution in [0.2, 0.25) is 0 Å². The van der Waals surface area contributed by atoms with Gasteiger partial charge in [0.15, 0.2) is 0 Å². The summed E-state index contributed by atoms with van der Waals surface area (Å²) in [5, 5.41) is 13.2. The Hall–Kier alpha value is -1.000. The molecule has 0 aliphatic rings. The number of para-hydroxylation sites is 1. The summed E-state index contributed by atoms with van der Waals surface area (Å²) < 4.78 is 1.40. The van der Waals surface area contributed by atoms with Crippen LogP contribution >= 0.6 is 31.9 Å². The van der Waals surface area contributed by atoms with Crippen LogP contribution in [0.4, 0.5) is 5.69 Å². The van der Waals surface area contributed by atoms with Crippen LogP contribution in [-0.2, 0) is 13.0 Å². The zero-order valence-electron chi connectivity index (χ0n) is 11.3. The van der Waals surface area contributed by atoms with Crippen molar-refractivity contribution in [1.82, 2.24) is 0 Å². The van der Waals surface area contributed by atoms with E-state index in [1.165, 1.54) is 11.3 Å². The number of phenols is 1. The Morgan fingerprint density at radius 2 is 1.75 bits per heavy atom. The fourth-order valence-corrected chi connectivity index (χ4v) is 3.38. The molecule has 0 bridgehead atoms. The lowest BCUT2D eigenvalue weighted by molar-refractivity contribution is 0.468. The topological polar surface area (TPSA) is 32.3 Å². The highest BCUT2D eigenvalue weighted by Crippen LogP contribution is 2.33. The number of rotatable bonds is 5. The van der Waals surface area contributed by atoms with Crippen molar-refractivity contribution in [2.45, 2.75) is 26.3 Å². The van der Waals surface area contributed by atoms with Gasteiger partial charge in [-0.15, -0.1) is 0 Å². The minimum Gasteiger partial charge on any atom is -0.506 e. The third-order valence-electron chi connectivity index (χ3n) is 3.10. The van der Waals surface area contributed by atoms with Crippen molar-refractivity contribution in [2.75, 3.05) is 5.32 Å². The Balaban J connectivity index is 2.13. The molecule has 0 atom stereocenters. The average Bonchev–Trinajstić information content (AvgIpc) is 2.44. The molecular weight excluding hydrogens is 382 g/mol. The van der Waals surface area contributed by atoms with Gasteiger partial charge < -0.3 is 10.4 Å². The maximum absolute atomic E-state index is 9.72. The minimum atomic E-state index is 0.236. The summed E-state index contributed by atoms with van der Waals surface area (Å²) in [6.45, 7) is 2.91. The fraction of sp³-hybridized carbons (Fsp3) is 0.250. The highest BCUT2D eigenvalue weighted by atomic mass is 79.9. The second-order valence-electron chi connectivity index (χ2n) is 4.67. The van der Waals surface area contributed by atoms with Gasteiger partial charge >= 0.3 is 0 Å². The molecule has 106 valence electrons. The van der Waals surface area contributed by atoms with Crippen LogP contribution < -0.4 is 5.32 Å². The molecule has 0 aliphatic heterocycles. The lowest BCUT2D eigenvalue weighted by Gasteiger charge is -2.12. The van der Waals surface area contributed by atoms with E-state index >= 15 is 0 Å². The van der Waals surface area contributed by atoms with Crippen molar-refractivity contribution in [3.63, 3.8) is 0 Å². The SMILES string of the molecule is CCCc1ccccc1NCc1cc(Br)c(O)c(Br)c1. The standard InChI is InChI=1S/C16H17Br2NO/c1-2-5-12-6-3-4-7-15(12)19-10-11-8-13(17)16(20)14(18)9-11/h3-4,6-9,19-20H,2,5,10H2,1H3. The van der Waals surface area contributed by atoms with Crippen molar-refractivity contribution >= 4 is 37.5 Å². The zero-order chi connectivity index (χ0) is 14.5. The van der Waals surface area contributed by atoms with Gasteiger partial charge in [-0.1, -0.05) is 31.5 Å². The fourth-order valence-electron chi connectivity index (χ4n) is 2.10. The molecule has 2 aromatic rings. The first-order valence-electron chi connectivity index (χ1n) is 6.60. The van der Waals surface area contributed by atoms with Crippen LogP contribution in [0.3, 0.4) is 0 Å². The molecule has 20 heavy (non-hydrogen) atoms. The monoisotopic (exact) mass is 397 g/mol. The van der Waals surface area contributed by atoms with E-state index in [0.717, 1.165) is 24.9 Å². The molecule has 0 heterocycles. The van der Waals surface area contributed by atoms with Crippen LogP contribution in [0, 0.1) is 0 Å². The first-order valence-corrected chi connectivity index (χ1v) is 8.19. The van der Waals surface area contributed by atoms with E-state index in [0.29, 0.717) is 8.95 Å². The molecule has 0 aliphatic carbocycles. The molecule has 0 spiro atoms. The number of hydrogen-bond acceptors (Lipinski definition) is 2. The predicted molar refractivity (Wildman–Crippen MR) is 91.3 cm³/mol. The summed E-state index contributed by atoms with van der Waals surface area (Å²) in [6.07, 6.45) is 2.21. The third-order valence-corrected chi connectivity index (χ3v) is 4.31. The number of anilines is 1. The number of phenolic OH excluding ortho intramolecular Hbond substituents is 1. The lowest BCUT2D eigenvalue weighted by Crippen LogP contribution is -2.02. The van der Waals surface area contributed by atoms with Crippen molar-refractivity contribution in [3.8, 4) is 5.75 Å². The van der Waals surface area contributed by atoms with Crippen LogP contribution in [0.25, 0.3) is 0 Å². The second kappa shape index (κ2) is 7.14. The van der Waals surface area contributed by atoms with E-state index in [1.54, 1.807) is 0 Å². The van der Waals surface area contributed by atoms with Crippen molar-refractivity contribution < 1.29 is 5.11 Å². The van der Waals surface area contributed by atoms with Gasteiger partial charge in [0.1, 0.15) is 5.75 Å². The summed E-state index contributed by atoms with van der Waals surface area (Å²) in [4.78, 5) is 0. The molecular formula is C16H17Br2NO. The van der Waals surface area contributed by atoms with Gasteiger partial charge in [-0.2, -0.15) is 0 Å². The predicted octanol–water partition coefficient (Wildman–Crippen LogP) is 5.48. The van der Waals surface area contributed by atoms with Crippen LogP contribution in [0.1, 0.15) is 24.5 Å². The highest BCUT2D eigenvalue weighted by molar-refractivity contribution is 9.11. The molecule has 0 radical (unpaired) electrons. The van der Waals surface area contributed by atoms with Gasteiger partial charge in [0, 0.05) is 12.2 Å². The molecule has 0 aromatic heterocycles. The quantitative estimate of drug-likeness (QED) is 0.698. The molecule has 4 heteroatoms. The van der Waals surface area contributed by atoms with Gasteiger partial charge in [-0.3, -0.25) is 0 Å². The van der Waals surface area contributed by atoms with Gasteiger partial charge in [-0.05, 0) is 67.6 Å². The van der Waals surface area contributed by atoms with Gasteiger partial charge in [0.2, 0.25) is 0 Å². The summed E-state index contributed by atoms with van der Waals surface area (Å²) in [5.74, 6) is 0.236. The zero-order valence-corrected chi connectivity index (χ0v) is 14.5. The van der Waals surface area contributed by atoms with Gasteiger partial charge in [0.05, 0.1) is 8.95 Å². The Kier molecular flexibility index (Phi) is 5.49. The van der Waals surface area contributed by atoms with E-state index in [1.807, 2.05) is 18.2 Å². The van der Waals surface area contributed by atoms with Crippen LogP contribution in [0.5, 0.6) is 5.75 Å². The Morgan fingerprint density at radius 3 is 2.40 bits per heavy atom. The molecule has 0 amide bonds. The smallest absolute Gasteiger partial charge is 0.143 e. The van der Waals surface area contributed by atoms with E-state index in [-0.39, 0.29) is 5.75 Å². The molecule has 0 unspecified atom stereocenters. The third kappa shape index (κ3) is 3.76. The molecule has 0 saturated carbocycles. The summed E-state index contributed by atoms with van der Waals surface area (Å²) in [5.41, 5.74) is 3.62. The largest absolute Gasteiger partial charge is 0.506 e. The Bertz CT molecular complexity index is 576. The number of aromatic hydroxyl groups is 1. The van der Waals surface area contributed by atoms with Crippen LogP contribution in [-0.4, -0.2) is 5.11 Å². The van der Waals surface area contributed by atoms with Crippen molar-refractivity contribution in [3.05, 3.63) is 56.5 Å². The molecule has 0 fully saturated rings. The summed E-state index contributed by atoms with van der Waals surface area (Å²) in [7, 11) is 0. The molecule has 2 nitrogen and oxygen atoms in total. The maximum atomic E-state index is 9.72. The number of nitrogens with one attached hydrogen (secondary N) is 1. The number of halogens is 2. The maximum Gasteiger partial charge on any atom is 0.143 e. The minimum absolute atomic E-state index is 0.236. The van der Waals surface area contributed by atoms with Crippen LogP contribution in [0.15, 0.2) is 45.3 Å². The number of aryl methyl sites for hydroxylation is 1. The van der Waals surface area contributed by atoms with Gasteiger partial charge in [0.25, 0.3) is 0 Å². The van der Waals surface area contributed by atoms with E-state index < -0.39 is 0 Å². The van der Waals surface area contributed by atoms with E-state index in [2.05, 4.69) is 62.3 Å². The molecule has 0 saturated heterocycles. The summed E-state index contributed by atoms with van der Waals surface area (Å²) >= 11 is 6.71. The summed E-state index contributed by atoms with van der Waals surface area (Å²) in [6, 6.07) is 12.2. The first kappa shape index (κ1) is 15.4. The normalized spacial score (nSPS) is 10.6.